The van der Waals surface area contributed by atoms with Crippen LogP contribution >= 0.6 is 0 Å². The number of rotatable bonds is 6. The number of carbonyl (C=O) groups excluding carboxylic acids is 1. The molecular formula is C11H20N2O3. The zero-order valence-corrected chi connectivity index (χ0v) is 9.74. The third kappa shape index (κ3) is 4.61. The molecule has 0 bridgehead atoms. The zero-order chi connectivity index (χ0) is 12.0. The SMILES string of the molecule is CN(CCC(=O)O)C(=O)CNC1CCCC1. The largest absolute Gasteiger partial charge is 0.481 e. The van der Waals surface area contributed by atoms with Gasteiger partial charge < -0.3 is 15.3 Å². The Hall–Kier alpha value is -1.10. The van der Waals surface area contributed by atoms with E-state index in [0.717, 1.165) is 12.8 Å². The van der Waals surface area contributed by atoms with E-state index in [0.29, 0.717) is 12.6 Å². The summed E-state index contributed by atoms with van der Waals surface area (Å²) in [5, 5.41) is 11.7. The average Bonchev–Trinajstić information content (AvgIpc) is 2.75. The van der Waals surface area contributed by atoms with Crippen molar-refractivity contribution in [3.8, 4) is 0 Å². The second-order valence-electron chi connectivity index (χ2n) is 4.32. The summed E-state index contributed by atoms with van der Waals surface area (Å²) in [5.74, 6) is -0.906. The van der Waals surface area contributed by atoms with E-state index in [1.165, 1.54) is 17.7 Å². The van der Waals surface area contributed by atoms with Crippen LogP contribution in [-0.2, 0) is 9.59 Å². The number of aliphatic carboxylic acids is 1. The molecule has 0 unspecified atom stereocenters. The number of carboxylic acid groups (broad SMARTS) is 1. The Balaban J connectivity index is 2.15. The van der Waals surface area contributed by atoms with Crippen molar-refractivity contribution in [1.82, 2.24) is 10.2 Å². The van der Waals surface area contributed by atoms with Crippen molar-refractivity contribution in [2.45, 2.75) is 38.1 Å². The number of carbonyl (C=O) groups is 2. The van der Waals surface area contributed by atoms with E-state index in [-0.39, 0.29) is 18.9 Å². The number of likely N-dealkylation sites (N-methyl/N-ethyl adjacent to an activating group) is 1. The molecule has 0 spiro atoms. The van der Waals surface area contributed by atoms with Crippen LogP contribution in [0.1, 0.15) is 32.1 Å². The minimum absolute atomic E-state index is 0.00562. The molecule has 0 aromatic carbocycles. The maximum Gasteiger partial charge on any atom is 0.305 e. The number of nitrogens with one attached hydrogen (secondary N) is 1. The fourth-order valence-electron chi connectivity index (χ4n) is 1.88. The molecule has 5 heteroatoms. The first-order valence-electron chi connectivity index (χ1n) is 5.78. The number of hydrogen-bond donors (Lipinski definition) is 2. The third-order valence-corrected chi connectivity index (χ3v) is 2.98. The van der Waals surface area contributed by atoms with Crippen LogP contribution < -0.4 is 5.32 Å². The molecular weight excluding hydrogens is 208 g/mol. The molecule has 0 heterocycles. The predicted molar refractivity (Wildman–Crippen MR) is 60.1 cm³/mol. The van der Waals surface area contributed by atoms with E-state index in [1.807, 2.05) is 0 Å². The highest BCUT2D eigenvalue weighted by Gasteiger charge is 2.16. The van der Waals surface area contributed by atoms with Gasteiger partial charge in [-0.1, -0.05) is 12.8 Å². The van der Waals surface area contributed by atoms with Gasteiger partial charge in [0, 0.05) is 19.6 Å². The molecule has 16 heavy (non-hydrogen) atoms. The van der Waals surface area contributed by atoms with Gasteiger partial charge >= 0.3 is 5.97 Å². The summed E-state index contributed by atoms with van der Waals surface area (Å²) in [6, 6.07) is 0.469. The number of carboxylic acids is 1. The maximum absolute atomic E-state index is 11.6. The monoisotopic (exact) mass is 228 g/mol. The van der Waals surface area contributed by atoms with Crippen LogP contribution in [0.4, 0.5) is 0 Å². The first kappa shape index (κ1) is 13.0. The summed E-state index contributed by atoms with van der Waals surface area (Å²) in [6.07, 6.45) is 4.77. The van der Waals surface area contributed by atoms with E-state index in [9.17, 15) is 9.59 Å². The normalized spacial score (nSPS) is 16.3. The van der Waals surface area contributed by atoms with Gasteiger partial charge in [-0.15, -0.1) is 0 Å². The average molecular weight is 228 g/mol. The van der Waals surface area contributed by atoms with Crippen LogP contribution in [0.25, 0.3) is 0 Å². The van der Waals surface area contributed by atoms with Gasteiger partial charge in [0.2, 0.25) is 5.91 Å². The first-order valence-corrected chi connectivity index (χ1v) is 5.78. The molecule has 1 amide bonds. The summed E-state index contributed by atoms with van der Waals surface area (Å²) in [4.78, 5) is 23.4. The van der Waals surface area contributed by atoms with Crippen molar-refractivity contribution in [3.63, 3.8) is 0 Å². The van der Waals surface area contributed by atoms with Gasteiger partial charge in [0.1, 0.15) is 0 Å². The van der Waals surface area contributed by atoms with E-state index in [2.05, 4.69) is 5.32 Å². The lowest BCUT2D eigenvalue weighted by atomic mass is 10.2. The lowest BCUT2D eigenvalue weighted by Crippen LogP contribution is -2.39. The second kappa shape index (κ2) is 6.48. The molecule has 0 radical (unpaired) electrons. The molecule has 1 rings (SSSR count). The zero-order valence-electron chi connectivity index (χ0n) is 9.74. The summed E-state index contributed by atoms with van der Waals surface area (Å²) >= 11 is 0. The highest BCUT2D eigenvalue weighted by atomic mass is 16.4. The molecule has 0 aromatic heterocycles. The van der Waals surface area contributed by atoms with E-state index in [4.69, 9.17) is 5.11 Å². The molecule has 0 atom stereocenters. The second-order valence-corrected chi connectivity index (χ2v) is 4.32. The number of amides is 1. The summed E-state index contributed by atoms with van der Waals surface area (Å²) in [7, 11) is 1.64. The Labute approximate surface area is 95.8 Å². The molecule has 1 aliphatic carbocycles. The Morgan fingerprint density at radius 1 is 1.38 bits per heavy atom. The van der Waals surface area contributed by atoms with Gasteiger partial charge in [-0.25, -0.2) is 0 Å². The van der Waals surface area contributed by atoms with Gasteiger partial charge in [-0.3, -0.25) is 9.59 Å². The van der Waals surface area contributed by atoms with Gasteiger partial charge in [-0.2, -0.15) is 0 Å². The highest BCUT2D eigenvalue weighted by Crippen LogP contribution is 2.17. The van der Waals surface area contributed by atoms with Crippen LogP contribution in [0.5, 0.6) is 0 Å². The van der Waals surface area contributed by atoms with Crippen molar-refractivity contribution in [2.24, 2.45) is 0 Å². The lowest BCUT2D eigenvalue weighted by Gasteiger charge is -2.18. The van der Waals surface area contributed by atoms with E-state index >= 15 is 0 Å². The summed E-state index contributed by atoms with van der Waals surface area (Å²) < 4.78 is 0. The first-order chi connectivity index (χ1) is 7.59. The number of nitrogens with zero attached hydrogens (tertiary/aromatic N) is 1. The lowest BCUT2D eigenvalue weighted by molar-refractivity contribution is -0.138. The number of hydrogen-bond acceptors (Lipinski definition) is 3. The molecule has 2 N–H and O–H groups in total. The van der Waals surface area contributed by atoms with Crippen molar-refractivity contribution in [2.75, 3.05) is 20.1 Å². The van der Waals surface area contributed by atoms with Crippen LogP contribution in [0.2, 0.25) is 0 Å². The summed E-state index contributed by atoms with van der Waals surface area (Å²) in [5.41, 5.74) is 0. The van der Waals surface area contributed by atoms with Crippen molar-refractivity contribution < 1.29 is 14.7 Å². The van der Waals surface area contributed by atoms with Gasteiger partial charge in [0.15, 0.2) is 0 Å². The van der Waals surface area contributed by atoms with E-state index < -0.39 is 5.97 Å². The Morgan fingerprint density at radius 3 is 2.56 bits per heavy atom. The van der Waals surface area contributed by atoms with E-state index in [1.54, 1.807) is 7.05 Å². The fraction of sp³-hybridized carbons (Fsp3) is 0.818. The Bertz CT molecular complexity index is 250. The quantitative estimate of drug-likeness (QED) is 0.692. The minimum atomic E-state index is -0.872. The van der Waals surface area contributed by atoms with Gasteiger partial charge in [0.25, 0.3) is 0 Å². The molecule has 5 nitrogen and oxygen atoms in total. The molecule has 0 saturated heterocycles. The Kier molecular flexibility index (Phi) is 5.25. The predicted octanol–water partition coefficient (Wildman–Crippen LogP) is 0.452. The van der Waals surface area contributed by atoms with Crippen molar-refractivity contribution in [3.05, 3.63) is 0 Å². The molecule has 1 fully saturated rings. The molecule has 1 saturated carbocycles. The van der Waals surface area contributed by atoms with Crippen LogP contribution in [0, 0.1) is 0 Å². The van der Waals surface area contributed by atoms with Gasteiger partial charge in [-0.05, 0) is 12.8 Å². The van der Waals surface area contributed by atoms with Gasteiger partial charge in [0.05, 0.1) is 13.0 Å². The van der Waals surface area contributed by atoms with Crippen molar-refractivity contribution >= 4 is 11.9 Å². The maximum atomic E-state index is 11.6. The molecule has 1 aliphatic rings. The fourth-order valence-corrected chi connectivity index (χ4v) is 1.88. The highest BCUT2D eigenvalue weighted by molar-refractivity contribution is 5.78. The molecule has 0 aromatic rings. The smallest absolute Gasteiger partial charge is 0.305 e. The summed E-state index contributed by atoms with van der Waals surface area (Å²) in [6.45, 7) is 0.599. The van der Waals surface area contributed by atoms with Crippen LogP contribution in [-0.4, -0.2) is 48.1 Å². The third-order valence-electron chi connectivity index (χ3n) is 2.98. The minimum Gasteiger partial charge on any atom is -0.481 e. The molecule has 92 valence electrons. The Morgan fingerprint density at radius 2 is 2.00 bits per heavy atom. The van der Waals surface area contributed by atoms with Crippen molar-refractivity contribution in [1.29, 1.82) is 0 Å². The topological polar surface area (TPSA) is 69.6 Å². The van der Waals surface area contributed by atoms with Crippen LogP contribution in [0.3, 0.4) is 0 Å². The molecule has 0 aliphatic heterocycles. The standard InChI is InChI=1S/C11H20N2O3/c1-13(7-6-11(15)16)10(14)8-12-9-4-2-3-5-9/h9,12H,2-8H2,1H3,(H,15,16). The van der Waals surface area contributed by atoms with Crippen LogP contribution in [0.15, 0.2) is 0 Å².